The summed E-state index contributed by atoms with van der Waals surface area (Å²) in [7, 11) is 0. The van der Waals surface area contributed by atoms with Gasteiger partial charge in [-0.3, -0.25) is 9.47 Å². The van der Waals surface area contributed by atoms with Gasteiger partial charge in [0.05, 0.1) is 33.6 Å². The van der Waals surface area contributed by atoms with Gasteiger partial charge in [-0.15, -0.1) is 11.3 Å². The van der Waals surface area contributed by atoms with Crippen molar-refractivity contribution in [1.29, 1.82) is 0 Å². The maximum Gasteiger partial charge on any atom is 0.235 e. The molecular weight excluding hydrogens is 721 g/mol. The number of anilines is 3. The van der Waals surface area contributed by atoms with Gasteiger partial charge < -0.3 is 9.47 Å². The topological polar surface area (TPSA) is 52.4 Å². The Balaban J connectivity index is 1.01. The van der Waals surface area contributed by atoms with Crippen LogP contribution in [0.2, 0.25) is 0 Å². The molecule has 5 heterocycles. The van der Waals surface area contributed by atoms with Gasteiger partial charge in [0.1, 0.15) is 5.69 Å². The lowest BCUT2D eigenvalue weighted by molar-refractivity contribution is 0.446. The molecule has 7 heteroatoms. The van der Waals surface area contributed by atoms with Crippen LogP contribution in [0.25, 0.3) is 81.2 Å². The zero-order valence-corrected chi connectivity index (χ0v) is 31.0. The van der Waals surface area contributed by atoms with Crippen molar-refractivity contribution in [3.05, 3.63) is 170 Å². The average Bonchev–Trinajstić information content (AvgIpc) is 3.81. The van der Waals surface area contributed by atoms with Crippen LogP contribution in [-0.4, -0.2) is 14.5 Å². The first-order valence-corrected chi connectivity index (χ1v) is 19.8. The summed E-state index contributed by atoms with van der Waals surface area (Å²) in [6, 6.07) is 59.3. The number of fused-ring (bicyclic) bond motifs is 11. The predicted molar refractivity (Wildman–Crippen MR) is 232 cm³/mol. The SMILES string of the molecule is c1ccc2c(c1)Oc1cc(-c3ccc4c(c3)c3ccccc3n4-c3nc(-c4cccc5c4sc4ccccc45)c4ccccc4n3)cc3c1N2c1ccccc1O3. The van der Waals surface area contributed by atoms with Crippen molar-refractivity contribution >= 4 is 81.3 Å². The minimum absolute atomic E-state index is 0.637. The minimum Gasteiger partial charge on any atom is -0.453 e. The summed E-state index contributed by atoms with van der Waals surface area (Å²) in [6.07, 6.45) is 0. The van der Waals surface area contributed by atoms with Crippen LogP contribution < -0.4 is 14.4 Å². The molecule has 0 bridgehead atoms. The van der Waals surface area contributed by atoms with E-state index in [0.29, 0.717) is 5.95 Å². The average molecular weight is 749 g/mol. The normalized spacial score (nSPS) is 12.8. The van der Waals surface area contributed by atoms with Crippen molar-refractivity contribution in [2.45, 2.75) is 0 Å². The summed E-state index contributed by atoms with van der Waals surface area (Å²) in [5.41, 5.74) is 9.95. The Morgan fingerprint density at radius 2 is 1.11 bits per heavy atom. The standard InChI is InChI=1S/C50H28N4O2S/c1-4-17-37-34(14-1)47(35-16-11-15-33-32-13-3-10-23-46(32)57-49(33)35)52-50(51-37)54-38-18-5-2-12-31(38)36-26-29(24-25-39(36)54)30-27-44-48-45(28-30)56-43-22-9-7-20-41(43)53(48)40-19-6-8-21-42(40)55-44/h1-28H. The van der Waals surface area contributed by atoms with Gasteiger partial charge in [0, 0.05) is 41.9 Å². The third-order valence-electron chi connectivity index (χ3n) is 11.4. The summed E-state index contributed by atoms with van der Waals surface area (Å²) in [6.45, 7) is 0. The molecule has 2 aliphatic heterocycles. The van der Waals surface area contributed by atoms with Crippen molar-refractivity contribution < 1.29 is 9.47 Å². The number of aromatic nitrogens is 3. The second kappa shape index (κ2) is 11.5. The van der Waals surface area contributed by atoms with E-state index in [0.717, 1.165) is 95.2 Å². The van der Waals surface area contributed by atoms with Gasteiger partial charge in [-0.05, 0) is 77.9 Å². The molecule has 0 amide bonds. The van der Waals surface area contributed by atoms with E-state index >= 15 is 0 Å². The zero-order valence-electron chi connectivity index (χ0n) is 30.2. The molecule has 0 radical (unpaired) electrons. The molecule has 0 unspecified atom stereocenters. The van der Waals surface area contributed by atoms with Crippen LogP contribution in [-0.2, 0) is 0 Å². The van der Waals surface area contributed by atoms with E-state index in [9.17, 15) is 0 Å². The molecule has 0 spiro atoms. The number of nitrogens with zero attached hydrogens (tertiary/aromatic N) is 4. The van der Waals surface area contributed by atoms with E-state index in [1.54, 1.807) is 0 Å². The Hall–Kier alpha value is -7.48. The molecule has 57 heavy (non-hydrogen) atoms. The maximum absolute atomic E-state index is 6.61. The van der Waals surface area contributed by atoms with Crippen molar-refractivity contribution in [3.63, 3.8) is 0 Å². The Kier molecular flexibility index (Phi) is 6.23. The second-order valence-electron chi connectivity index (χ2n) is 14.6. The van der Waals surface area contributed by atoms with Gasteiger partial charge in [-0.1, -0.05) is 103 Å². The summed E-state index contributed by atoms with van der Waals surface area (Å²) in [5, 5.41) is 5.77. The first-order valence-electron chi connectivity index (χ1n) is 19.0. The molecule has 0 saturated carbocycles. The fourth-order valence-corrected chi connectivity index (χ4v) is 10.1. The molecule has 0 atom stereocenters. The van der Waals surface area contributed by atoms with E-state index in [-0.39, 0.29) is 0 Å². The first-order chi connectivity index (χ1) is 28.2. The number of rotatable bonds is 3. The molecular formula is C50H28N4O2S. The highest BCUT2D eigenvalue weighted by Crippen LogP contribution is 2.60. The lowest BCUT2D eigenvalue weighted by atomic mass is 9.99. The Bertz CT molecular complexity index is 3440. The number of hydrogen-bond donors (Lipinski definition) is 0. The molecule has 3 aromatic heterocycles. The highest BCUT2D eigenvalue weighted by molar-refractivity contribution is 7.26. The molecule has 6 nitrogen and oxygen atoms in total. The number of benzene rings is 8. The lowest BCUT2D eigenvalue weighted by Crippen LogP contribution is -2.20. The first kappa shape index (κ1) is 30.8. The maximum atomic E-state index is 6.61. The van der Waals surface area contributed by atoms with E-state index in [2.05, 4.69) is 143 Å². The molecule has 11 aromatic rings. The van der Waals surface area contributed by atoms with Crippen LogP contribution >= 0.6 is 11.3 Å². The van der Waals surface area contributed by atoms with E-state index in [1.807, 2.05) is 47.7 Å². The van der Waals surface area contributed by atoms with Crippen molar-refractivity contribution in [3.8, 4) is 51.3 Å². The Labute approximate surface area is 330 Å². The minimum atomic E-state index is 0.637. The van der Waals surface area contributed by atoms with Gasteiger partial charge in [-0.25, -0.2) is 9.97 Å². The molecule has 0 fully saturated rings. The smallest absolute Gasteiger partial charge is 0.235 e. The van der Waals surface area contributed by atoms with E-state index in [1.165, 1.54) is 20.2 Å². The fraction of sp³-hybridized carbons (Fsp3) is 0. The van der Waals surface area contributed by atoms with Crippen LogP contribution in [0.1, 0.15) is 0 Å². The van der Waals surface area contributed by atoms with Gasteiger partial charge in [0.15, 0.2) is 23.0 Å². The third kappa shape index (κ3) is 4.40. The molecule has 0 saturated heterocycles. The number of hydrogen-bond acceptors (Lipinski definition) is 6. The molecule has 0 N–H and O–H groups in total. The molecule has 266 valence electrons. The number of ether oxygens (including phenoxy) is 2. The number of thiophene rings is 1. The van der Waals surface area contributed by atoms with Crippen molar-refractivity contribution in [1.82, 2.24) is 14.5 Å². The quantitative estimate of drug-likeness (QED) is 0.180. The van der Waals surface area contributed by atoms with Gasteiger partial charge in [0.2, 0.25) is 5.95 Å². The van der Waals surface area contributed by atoms with Crippen LogP contribution in [0.5, 0.6) is 23.0 Å². The van der Waals surface area contributed by atoms with Crippen LogP contribution in [0, 0.1) is 0 Å². The molecule has 2 aliphatic rings. The second-order valence-corrected chi connectivity index (χ2v) is 15.6. The zero-order chi connectivity index (χ0) is 37.2. The van der Waals surface area contributed by atoms with Crippen molar-refractivity contribution in [2.75, 3.05) is 4.90 Å². The van der Waals surface area contributed by atoms with Gasteiger partial charge >= 0.3 is 0 Å². The summed E-state index contributed by atoms with van der Waals surface area (Å²) in [4.78, 5) is 13.0. The summed E-state index contributed by atoms with van der Waals surface area (Å²) >= 11 is 1.82. The highest BCUT2D eigenvalue weighted by atomic mass is 32.1. The molecule has 13 rings (SSSR count). The monoisotopic (exact) mass is 748 g/mol. The summed E-state index contributed by atoms with van der Waals surface area (Å²) in [5.74, 6) is 3.76. The van der Waals surface area contributed by atoms with Crippen molar-refractivity contribution in [2.24, 2.45) is 0 Å². The largest absolute Gasteiger partial charge is 0.453 e. The summed E-state index contributed by atoms with van der Waals surface area (Å²) < 4.78 is 17.9. The molecule has 0 aliphatic carbocycles. The lowest BCUT2D eigenvalue weighted by Gasteiger charge is -2.38. The van der Waals surface area contributed by atoms with Gasteiger partial charge in [-0.2, -0.15) is 0 Å². The third-order valence-corrected chi connectivity index (χ3v) is 12.6. The van der Waals surface area contributed by atoms with Crippen LogP contribution in [0.3, 0.4) is 0 Å². The number of para-hydroxylation sites is 6. The van der Waals surface area contributed by atoms with Gasteiger partial charge in [0.25, 0.3) is 0 Å². The van der Waals surface area contributed by atoms with E-state index < -0.39 is 0 Å². The Morgan fingerprint density at radius 1 is 0.456 bits per heavy atom. The highest BCUT2D eigenvalue weighted by Gasteiger charge is 2.35. The van der Waals surface area contributed by atoms with Crippen LogP contribution in [0.15, 0.2) is 170 Å². The van der Waals surface area contributed by atoms with Crippen LogP contribution in [0.4, 0.5) is 17.1 Å². The fourth-order valence-electron chi connectivity index (χ4n) is 8.86. The molecule has 8 aromatic carbocycles. The predicted octanol–water partition coefficient (Wildman–Crippen LogP) is 14.1. The Morgan fingerprint density at radius 3 is 1.91 bits per heavy atom. The van der Waals surface area contributed by atoms with E-state index in [4.69, 9.17) is 19.4 Å².